The zero-order chi connectivity index (χ0) is 13.7. The van der Waals surface area contributed by atoms with Crippen LogP contribution in [0.15, 0.2) is 60.3 Å². The van der Waals surface area contributed by atoms with Crippen molar-refractivity contribution in [2.75, 3.05) is 0 Å². The lowest BCUT2D eigenvalue weighted by atomic mass is 10.1. The monoisotopic (exact) mass is 266 g/mol. The van der Waals surface area contributed by atoms with Gasteiger partial charge in [0.05, 0.1) is 8.07 Å². The molecular weight excluding hydrogens is 244 g/mol. The van der Waals surface area contributed by atoms with Crippen LogP contribution in [-0.4, -0.2) is 8.07 Å². The summed E-state index contributed by atoms with van der Waals surface area (Å²) >= 11 is 0. The Balaban J connectivity index is 2.11. The van der Waals surface area contributed by atoms with Crippen molar-refractivity contribution < 1.29 is 0 Å². The first-order chi connectivity index (χ1) is 9.07. The Bertz CT molecular complexity index is 553. The molecule has 0 aliphatic heterocycles. The van der Waals surface area contributed by atoms with Gasteiger partial charge in [-0.15, -0.1) is 0 Å². The van der Waals surface area contributed by atoms with Crippen molar-refractivity contribution >= 4 is 14.1 Å². The molecule has 2 aromatic rings. The normalized spacial score (nSPS) is 11.9. The van der Waals surface area contributed by atoms with Crippen LogP contribution in [0.4, 0.5) is 0 Å². The summed E-state index contributed by atoms with van der Waals surface area (Å²) in [7, 11) is -1.33. The molecule has 0 unspecified atom stereocenters. The average Bonchev–Trinajstić information content (AvgIpc) is 2.38. The Morgan fingerprint density at radius 2 is 1.53 bits per heavy atom. The first kappa shape index (κ1) is 13.8. The second-order valence-corrected chi connectivity index (χ2v) is 10.5. The number of hydrogen-bond acceptors (Lipinski definition) is 0. The van der Waals surface area contributed by atoms with Crippen LogP contribution in [0.5, 0.6) is 0 Å². The number of rotatable bonds is 4. The lowest BCUT2D eigenvalue weighted by Crippen LogP contribution is -2.26. The largest absolute Gasteiger partial charge is 0.0938 e. The quantitative estimate of drug-likeness (QED) is 0.680. The molecule has 98 valence electrons. The number of hydrogen-bond donors (Lipinski definition) is 0. The van der Waals surface area contributed by atoms with E-state index in [0.29, 0.717) is 0 Å². The summed E-state index contributed by atoms with van der Waals surface area (Å²) in [6.45, 7) is 7.02. The molecule has 0 radical (unpaired) electrons. The lowest BCUT2D eigenvalue weighted by molar-refractivity contribution is 1.32. The van der Waals surface area contributed by atoms with E-state index < -0.39 is 8.07 Å². The summed E-state index contributed by atoms with van der Waals surface area (Å²) in [6, 6.07) is 20.6. The summed E-state index contributed by atoms with van der Waals surface area (Å²) in [5.74, 6) is 0. The molecule has 0 aromatic heterocycles. The molecule has 1 heteroatoms. The van der Waals surface area contributed by atoms with Gasteiger partial charge in [0, 0.05) is 0 Å². The highest BCUT2D eigenvalue weighted by atomic mass is 28.3. The zero-order valence-corrected chi connectivity index (χ0v) is 13.1. The van der Waals surface area contributed by atoms with E-state index in [1.54, 1.807) is 0 Å². The smallest absolute Gasteiger partial charge is 0.0760 e. The summed E-state index contributed by atoms with van der Waals surface area (Å²) < 4.78 is 0. The molecule has 2 aromatic carbocycles. The van der Waals surface area contributed by atoms with Crippen molar-refractivity contribution in [2.45, 2.75) is 26.1 Å². The van der Waals surface area contributed by atoms with Gasteiger partial charge in [-0.3, -0.25) is 0 Å². The van der Waals surface area contributed by atoms with Crippen molar-refractivity contribution in [1.82, 2.24) is 0 Å². The topological polar surface area (TPSA) is 0 Å². The maximum Gasteiger partial charge on any atom is 0.0760 e. The van der Waals surface area contributed by atoms with Crippen LogP contribution in [-0.2, 0) is 6.04 Å². The third-order valence-electron chi connectivity index (χ3n) is 3.41. The fourth-order valence-corrected chi connectivity index (χ4v) is 4.31. The van der Waals surface area contributed by atoms with Gasteiger partial charge in [0.1, 0.15) is 0 Å². The van der Waals surface area contributed by atoms with E-state index >= 15 is 0 Å². The van der Waals surface area contributed by atoms with Crippen molar-refractivity contribution in [3.05, 3.63) is 77.0 Å². The Morgan fingerprint density at radius 1 is 0.895 bits per heavy atom. The van der Waals surface area contributed by atoms with Crippen molar-refractivity contribution in [2.24, 2.45) is 0 Å². The molecule has 19 heavy (non-hydrogen) atoms. The van der Waals surface area contributed by atoms with Gasteiger partial charge in [-0.2, -0.15) is 0 Å². The van der Waals surface area contributed by atoms with Gasteiger partial charge in [0.15, 0.2) is 0 Å². The van der Waals surface area contributed by atoms with Gasteiger partial charge >= 0.3 is 0 Å². The molecule has 0 fully saturated rings. The molecule has 0 saturated heterocycles. The number of aryl methyl sites for hydroxylation is 1. The predicted octanol–water partition coefficient (Wildman–Crippen LogP) is 5.04. The van der Waals surface area contributed by atoms with Gasteiger partial charge in [0.2, 0.25) is 0 Å². The van der Waals surface area contributed by atoms with Gasteiger partial charge in [0.25, 0.3) is 0 Å². The maximum atomic E-state index is 2.46. The molecule has 0 saturated carbocycles. The van der Waals surface area contributed by atoms with Crippen molar-refractivity contribution in [3.8, 4) is 0 Å². The van der Waals surface area contributed by atoms with E-state index in [-0.39, 0.29) is 0 Å². The summed E-state index contributed by atoms with van der Waals surface area (Å²) in [4.78, 5) is 0. The lowest BCUT2D eigenvalue weighted by Gasteiger charge is -2.18. The van der Waals surface area contributed by atoms with Gasteiger partial charge < -0.3 is 0 Å². The third-order valence-corrected chi connectivity index (χ3v) is 5.79. The molecule has 0 heterocycles. The van der Waals surface area contributed by atoms with E-state index in [2.05, 4.69) is 86.4 Å². The average molecular weight is 266 g/mol. The standard InChI is InChI=1S/C18H22Si/c1-16-9-7-8-12-18(16)13-14-19(2,3)15-17-10-5-4-6-11-17/h4-14H,15H2,1-3H3/b14-13+. The van der Waals surface area contributed by atoms with Crippen LogP contribution in [0.25, 0.3) is 6.08 Å². The molecule has 0 amide bonds. The Hall–Kier alpha value is -1.60. The molecule has 0 nitrogen and oxygen atoms in total. The van der Waals surface area contributed by atoms with E-state index in [1.807, 2.05) is 0 Å². The molecule has 2 rings (SSSR count). The van der Waals surface area contributed by atoms with E-state index in [1.165, 1.54) is 22.7 Å². The highest BCUT2D eigenvalue weighted by Crippen LogP contribution is 2.16. The first-order valence-corrected chi connectivity index (χ1v) is 10.1. The molecule has 0 aliphatic carbocycles. The molecule has 0 N–H and O–H groups in total. The van der Waals surface area contributed by atoms with E-state index in [0.717, 1.165) is 0 Å². The van der Waals surface area contributed by atoms with E-state index in [4.69, 9.17) is 0 Å². The highest BCUT2D eigenvalue weighted by molar-refractivity contribution is 6.82. The van der Waals surface area contributed by atoms with Crippen molar-refractivity contribution in [3.63, 3.8) is 0 Å². The zero-order valence-electron chi connectivity index (χ0n) is 12.1. The van der Waals surface area contributed by atoms with Crippen molar-refractivity contribution in [1.29, 1.82) is 0 Å². The maximum absolute atomic E-state index is 2.46. The fraction of sp³-hybridized carbons (Fsp3) is 0.222. The second-order valence-electron chi connectivity index (χ2n) is 5.84. The first-order valence-electron chi connectivity index (χ1n) is 6.86. The summed E-state index contributed by atoms with van der Waals surface area (Å²) in [5, 5.41) is 0. The molecule has 0 aliphatic rings. The van der Waals surface area contributed by atoms with Crippen LogP contribution >= 0.6 is 0 Å². The minimum Gasteiger partial charge on any atom is -0.0938 e. The minimum atomic E-state index is -1.33. The van der Waals surface area contributed by atoms with Crippen LogP contribution in [0.3, 0.4) is 0 Å². The van der Waals surface area contributed by atoms with Gasteiger partial charge in [-0.1, -0.05) is 85.0 Å². The molecule has 0 bridgehead atoms. The van der Waals surface area contributed by atoms with E-state index in [9.17, 15) is 0 Å². The van der Waals surface area contributed by atoms with Crippen LogP contribution in [0.1, 0.15) is 16.7 Å². The molecular formula is C18H22Si. The molecule has 0 atom stereocenters. The minimum absolute atomic E-state index is 1.20. The predicted molar refractivity (Wildman–Crippen MR) is 87.8 cm³/mol. The highest BCUT2D eigenvalue weighted by Gasteiger charge is 2.17. The summed E-state index contributed by atoms with van der Waals surface area (Å²) in [6.07, 6.45) is 2.31. The van der Waals surface area contributed by atoms with Gasteiger partial charge in [-0.05, 0) is 24.1 Å². The van der Waals surface area contributed by atoms with Crippen LogP contribution in [0.2, 0.25) is 13.1 Å². The number of benzene rings is 2. The van der Waals surface area contributed by atoms with Crippen LogP contribution in [0, 0.1) is 6.92 Å². The van der Waals surface area contributed by atoms with Gasteiger partial charge in [-0.25, -0.2) is 0 Å². The Kier molecular flexibility index (Phi) is 4.38. The van der Waals surface area contributed by atoms with Crippen LogP contribution < -0.4 is 0 Å². The fourth-order valence-electron chi connectivity index (χ4n) is 2.27. The molecule has 0 spiro atoms. The SMILES string of the molecule is Cc1ccccc1/C=C/[Si](C)(C)Cc1ccccc1. The second kappa shape index (κ2) is 6.03. The Morgan fingerprint density at radius 3 is 2.21 bits per heavy atom. The Labute approximate surface area is 117 Å². The third kappa shape index (κ3) is 4.21. The summed E-state index contributed by atoms with van der Waals surface area (Å²) in [5.41, 5.74) is 6.61.